The van der Waals surface area contributed by atoms with Gasteiger partial charge in [0.1, 0.15) is 11.5 Å². The minimum absolute atomic E-state index is 0.205. The summed E-state index contributed by atoms with van der Waals surface area (Å²) in [5.74, 6) is 0.431. The highest BCUT2D eigenvalue weighted by atomic mass is 28.1. The molecule has 15 heavy (non-hydrogen) atoms. The van der Waals surface area contributed by atoms with Crippen LogP contribution in [-0.2, 0) is 0 Å². The molecule has 0 atom stereocenters. The van der Waals surface area contributed by atoms with Crippen molar-refractivity contribution in [1.29, 1.82) is 0 Å². The molecule has 2 N–H and O–H groups in total. The molecule has 0 heterocycles. The first-order valence-corrected chi connectivity index (χ1v) is 5.77. The Labute approximate surface area is 91.2 Å². The van der Waals surface area contributed by atoms with Crippen molar-refractivity contribution in [2.75, 3.05) is 0 Å². The highest BCUT2D eigenvalue weighted by molar-refractivity contribution is 6.36. The fourth-order valence-electron chi connectivity index (χ4n) is 1.69. The number of aromatic hydroxyl groups is 2. The molecule has 76 valence electrons. The maximum Gasteiger partial charge on any atom is 0.123 e. The Hall–Kier alpha value is -1.74. The normalized spacial score (nSPS) is 10.4. The predicted molar refractivity (Wildman–Crippen MR) is 64.8 cm³/mol. The zero-order chi connectivity index (χ0) is 10.8. The Morgan fingerprint density at radius 3 is 2.13 bits per heavy atom. The lowest BCUT2D eigenvalue weighted by molar-refractivity contribution is 0.469. The van der Waals surface area contributed by atoms with Gasteiger partial charge in [0.15, 0.2) is 0 Å². The van der Waals surface area contributed by atoms with Gasteiger partial charge in [-0.1, -0.05) is 35.5 Å². The first kappa shape index (κ1) is 9.80. The van der Waals surface area contributed by atoms with E-state index in [1.807, 2.05) is 24.3 Å². The minimum Gasteiger partial charge on any atom is -0.507 e. The van der Waals surface area contributed by atoms with Crippen LogP contribution in [0.25, 0.3) is 11.1 Å². The van der Waals surface area contributed by atoms with Crippen LogP contribution in [0.1, 0.15) is 0 Å². The second kappa shape index (κ2) is 3.79. The molecular weight excluding hydrogens is 204 g/mol. The maximum absolute atomic E-state index is 9.78. The summed E-state index contributed by atoms with van der Waals surface area (Å²) in [6, 6.07) is 12.5. The highest BCUT2D eigenvalue weighted by Crippen LogP contribution is 2.32. The van der Waals surface area contributed by atoms with E-state index in [9.17, 15) is 10.2 Å². The Morgan fingerprint density at radius 2 is 1.47 bits per heavy atom. The monoisotopic (exact) mass is 216 g/mol. The molecule has 0 aliphatic rings. The Bertz CT molecular complexity index is 474. The molecule has 0 aliphatic carbocycles. The Kier molecular flexibility index (Phi) is 2.47. The molecule has 0 bridgehead atoms. The zero-order valence-electron chi connectivity index (χ0n) is 8.44. The Balaban J connectivity index is 2.69. The number of hydrogen-bond donors (Lipinski definition) is 2. The number of phenols is 2. The van der Waals surface area contributed by atoms with E-state index in [0.29, 0.717) is 5.56 Å². The second-order valence-corrected chi connectivity index (χ2v) is 4.56. The molecule has 0 aromatic heterocycles. The number of hydrogen-bond acceptors (Lipinski definition) is 2. The van der Waals surface area contributed by atoms with Crippen LogP contribution in [0.4, 0.5) is 0 Å². The topological polar surface area (TPSA) is 40.5 Å². The molecular formula is C12H12O2Si. The van der Waals surface area contributed by atoms with E-state index in [-0.39, 0.29) is 11.5 Å². The molecule has 2 rings (SSSR count). The van der Waals surface area contributed by atoms with Crippen LogP contribution in [0.5, 0.6) is 11.5 Å². The lowest BCUT2D eigenvalue weighted by Crippen LogP contribution is -2.05. The largest absolute Gasteiger partial charge is 0.507 e. The Morgan fingerprint density at radius 1 is 0.800 bits per heavy atom. The van der Waals surface area contributed by atoms with Crippen LogP contribution in [0.3, 0.4) is 0 Å². The molecule has 0 unspecified atom stereocenters. The van der Waals surface area contributed by atoms with Crippen LogP contribution in [0.15, 0.2) is 42.5 Å². The molecule has 2 nitrogen and oxygen atoms in total. The van der Waals surface area contributed by atoms with Crippen molar-refractivity contribution in [3.8, 4) is 22.6 Å². The predicted octanol–water partition coefficient (Wildman–Crippen LogP) is 0.755. The van der Waals surface area contributed by atoms with Gasteiger partial charge in [0.2, 0.25) is 0 Å². The first-order valence-electron chi connectivity index (χ1n) is 4.77. The van der Waals surface area contributed by atoms with Crippen molar-refractivity contribution in [2.45, 2.75) is 0 Å². The van der Waals surface area contributed by atoms with E-state index in [0.717, 1.165) is 21.0 Å². The van der Waals surface area contributed by atoms with Gasteiger partial charge in [-0.25, -0.2) is 0 Å². The fourth-order valence-corrected chi connectivity index (χ4v) is 2.41. The van der Waals surface area contributed by atoms with Crippen LogP contribution >= 0.6 is 0 Å². The number of rotatable bonds is 1. The number of para-hydroxylation sites is 1. The molecule has 0 radical (unpaired) electrons. The summed E-state index contributed by atoms with van der Waals surface area (Å²) in [5, 5.41) is 20.6. The average molecular weight is 216 g/mol. The number of benzene rings is 2. The molecule has 0 fully saturated rings. The highest BCUT2D eigenvalue weighted by Gasteiger charge is 2.10. The van der Waals surface area contributed by atoms with Gasteiger partial charge in [0.25, 0.3) is 0 Å². The summed E-state index contributed by atoms with van der Waals surface area (Å²) in [5.41, 5.74) is 1.45. The van der Waals surface area contributed by atoms with E-state index >= 15 is 0 Å². The third kappa shape index (κ3) is 1.74. The van der Waals surface area contributed by atoms with Crippen molar-refractivity contribution >= 4 is 15.4 Å². The second-order valence-electron chi connectivity index (χ2n) is 3.49. The summed E-state index contributed by atoms with van der Waals surface area (Å²) >= 11 is 0. The van der Waals surface area contributed by atoms with E-state index in [1.54, 1.807) is 18.2 Å². The standard InChI is InChI=1S/C12H12O2Si/c13-9-5-2-1-4-8(9)12-10(14)6-3-7-11(12)15/h1-7,13-14H,15H3. The number of phenolic OH excluding ortho intramolecular Hbond substituents is 2. The summed E-state index contributed by atoms with van der Waals surface area (Å²) in [4.78, 5) is 0. The van der Waals surface area contributed by atoms with E-state index in [1.165, 1.54) is 0 Å². The third-order valence-electron chi connectivity index (χ3n) is 2.42. The summed E-state index contributed by atoms with van der Waals surface area (Å²) in [7, 11) is 0.836. The van der Waals surface area contributed by atoms with Crippen molar-refractivity contribution < 1.29 is 10.2 Å². The lowest BCUT2D eigenvalue weighted by Gasteiger charge is -2.09. The van der Waals surface area contributed by atoms with Gasteiger partial charge in [-0.15, -0.1) is 0 Å². The molecule has 0 amide bonds. The first-order chi connectivity index (χ1) is 7.20. The van der Waals surface area contributed by atoms with Gasteiger partial charge in [0.05, 0.1) is 0 Å². The van der Waals surface area contributed by atoms with Crippen molar-refractivity contribution in [3.05, 3.63) is 42.5 Å². The van der Waals surface area contributed by atoms with Gasteiger partial charge in [-0.2, -0.15) is 0 Å². The third-order valence-corrected chi connectivity index (χ3v) is 3.26. The van der Waals surface area contributed by atoms with Gasteiger partial charge >= 0.3 is 0 Å². The van der Waals surface area contributed by atoms with Gasteiger partial charge in [-0.3, -0.25) is 0 Å². The van der Waals surface area contributed by atoms with Crippen molar-refractivity contribution in [3.63, 3.8) is 0 Å². The van der Waals surface area contributed by atoms with E-state index in [4.69, 9.17) is 0 Å². The van der Waals surface area contributed by atoms with Crippen LogP contribution in [-0.4, -0.2) is 20.5 Å². The maximum atomic E-state index is 9.78. The van der Waals surface area contributed by atoms with Gasteiger partial charge in [0, 0.05) is 21.4 Å². The van der Waals surface area contributed by atoms with Crippen LogP contribution < -0.4 is 5.19 Å². The molecule has 0 saturated carbocycles. The van der Waals surface area contributed by atoms with Crippen LogP contribution in [0.2, 0.25) is 0 Å². The summed E-state index contributed by atoms with van der Waals surface area (Å²) < 4.78 is 0. The SMILES string of the molecule is Oc1ccccc1-c1c(O)cccc1[SiH3]. The molecule has 2 aromatic rings. The smallest absolute Gasteiger partial charge is 0.123 e. The minimum atomic E-state index is 0.205. The quantitative estimate of drug-likeness (QED) is 0.691. The summed E-state index contributed by atoms with van der Waals surface area (Å²) in [6.07, 6.45) is 0. The summed E-state index contributed by atoms with van der Waals surface area (Å²) in [6.45, 7) is 0. The van der Waals surface area contributed by atoms with E-state index < -0.39 is 0 Å². The molecule has 3 heteroatoms. The molecule has 2 aromatic carbocycles. The van der Waals surface area contributed by atoms with Crippen molar-refractivity contribution in [1.82, 2.24) is 0 Å². The molecule has 0 aliphatic heterocycles. The van der Waals surface area contributed by atoms with E-state index in [2.05, 4.69) is 0 Å². The zero-order valence-corrected chi connectivity index (χ0v) is 10.4. The lowest BCUT2D eigenvalue weighted by atomic mass is 10.0. The van der Waals surface area contributed by atoms with Gasteiger partial charge < -0.3 is 10.2 Å². The molecule has 0 spiro atoms. The average Bonchev–Trinajstić information content (AvgIpc) is 2.20. The fraction of sp³-hybridized carbons (Fsp3) is 0. The van der Waals surface area contributed by atoms with Gasteiger partial charge in [-0.05, 0) is 12.1 Å². The molecule has 0 saturated heterocycles. The van der Waals surface area contributed by atoms with Crippen LogP contribution in [0, 0.1) is 0 Å². The van der Waals surface area contributed by atoms with Crippen molar-refractivity contribution in [2.24, 2.45) is 0 Å².